The van der Waals surface area contributed by atoms with Gasteiger partial charge < -0.3 is 11.1 Å². The lowest BCUT2D eigenvalue weighted by atomic mass is 10.1. The van der Waals surface area contributed by atoms with Gasteiger partial charge in [-0.25, -0.2) is 4.98 Å². The molecule has 5 heteroatoms. The molecule has 2 unspecified atom stereocenters. The van der Waals surface area contributed by atoms with Crippen LogP contribution in [-0.4, -0.2) is 27.0 Å². The van der Waals surface area contributed by atoms with E-state index >= 15 is 0 Å². The van der Waals surface area contributed by atoms with Gasteiger partial charge in [0.15, 0.2) is 0 Å². The van der Waals surface area contributed by atoms with E-state index in [1.807, 2.05) is 19.2 Å². The molecule has 1 heterocycles. The van der Waals surface area contributed by atoms with E-state index in [-0.39, 0.29) is 0 Å². The normalized spacial score (nSPS) is 22.4. The van der Waals surface area contributed by atoms with Gasteiger partial charge in [-0.3, -0.25) is 0 Å². The average molecular weight is 295 g/mol. The topological polar surface area (TPSA) is 50.9 Å². The molecular weight excluding hydrogens is 274 g/mol. The van der Waals surface area contributed by atoms with Crippen molar-refractivity contribution in [3.63, 3.8) is 0 Å². The Morgan fingerprint density at radius 2 is 2.37 bits per heavy atom. The first-order chi connectivity index (χ1) is 9.11. The Morgan fingerprint density at radius 3 is 3.05 bits per heavy atom. The van der Waals surface area contributed by atoms with Crippen molar-refractivity contribution in [1.82, 2.24) is 4.98 Å². The smallest absolute Gasteiger partial charge is 0.136 e. The van der Waals surface area contributed by atoms with Crippen LogP contribution >= 0.6 is 24.0 Å². The van der Waals surface area contributed by atoms with E-state index in [1.165, 1.54) is 25.0 Å². The van der Waals surface area contributed by atoms with Crippen LogP contribution in [0.4, 0.5) is 5.82 Å². The number of aromatic nitrogens is 1. The summed E-state index contributed by atoms with van der Waals surface area (Å²) in [5.41, 5.74) is 7.79. The van der Waals surface area contributed by atoms with E-state index in [0.29, 0.717) is 11.0 Å². The fourth-order valence-electron chi connectivity index (χ4n) is 2.63. The molecule has 0 radical (unpaired) electrons. The van der Waals surface area contributed by atoms with Gasteiger partial charge in [0.1, 0.15) is 10.8 Å². The van der Waals surface area contributed by atoms with E-state index in [9.17, 15) is 0 Å². The maximum absolute atomic E-state index is 5.81. The summed E-state index contributed by atoms with van der Waals surface area (Å²) >= 11 is 7.19. The van der Waals surface area contributed by atoms with Crippen LogP contribution in [0.15, 0.2) is 12.3 Å². The van der Waals surface area contributed by atoms with Crippen molar-refractivity contribution >= 4 is 34.8 Å². The SMILES string of the molecule is CCSC1CCC(Nc2nccc(C)c2C(N)=S)C1. The third kappa shape index (κ3) is 3.60. The molecule has 1 aliphatic carbocycles. The van der Waals surface area contributed by atoms with E-state index < -0.39 is 0 Å². The molecule has 2 rings (SSSR count). The van der Waals surface area contributed by atoms with Crippen LogP contribution in [-0.2, 0) is 0 Å². The number of hydrogen-bond donors (Lipinski definition) is 2. The number of aryl methyl sites for hydroxylation is 1. The Balaban J connectivity index is 2.08. The molecule has 1 aromatic rings. The summed E-state index contributed by atoms with van der Waals surface area (Å²) in [6, 6.07) is 2.44. The minimum atomic E-state index is 0.422. The highest BCUT2D eigenvalue weighted by molar-refractivity contribution is 7.99. The van der Waals surface area contributed by atoms with Crippen molar-refractivity contribution in [2.24, 2.45) is 5.73 Å². The zero-order valence-corrected chi connectivity index (χ0v) is 13.1. The predicted octanol–water partition coefficient (Wildman–Crippen LogP) is 3.11. The van der Waals surface area contributed by atoms with E-state index in [2.05, 4.69) is 29.0 Å². The molecule has 19 heavy (non-hydrogen) atoms. The van der Waals surface area contributed by atoms with E-state index in [0.717, 1.165) is 22.2 Å². The molecule has 3 nitrogen and oxygen atoms in total. The molecular formula is C14H21N3S2. The van der Waals surface area contributed by atoms with Gasteiger partial charge in [0.25, 0.3) is 0 Å². The summed E-state index contributed by atoms with van der Waals surface area (Å²) in [6.45, 7) is 4.24. The van der Waals surface area contributed by atoms with E-state index in [4.69, 9.17) is 18.0 Å². The third-order valence-electron chi connectivity index (χ3n) is 3.53. The van der Waals surface area contributed by atoms with Crippen LogP contribution < -0.4 is 11.1 Å². The number of thiocarbonyl (C=S) groups is 1. The van der Waals surface area contributed by atoms with E-state index in [1.54, 1.807) is 0 Å². The van der Waals surface area contributed by atoms with Crippen molar-refractivity contribution in [1.29, 1.82) is 0 Å². The Kier molecular flexibility index (Phi) is 5.05. The van der Waals surface area contributed by atoms with Gasteiger partial charge in [0.2, 0.25) is 0 Å². The highest BCUT2D eigenvalue weighted by atomic mass is 32.2. The highest BCUT2D eigenvalue weighted by Crippen LogP contribution is 2.32. The minimum absolute atomic E-state index is 0.422. The van der Waals surface area contributed by atoms with Crippen LogP contribution in [0, 0.1) is 6.92 Å². The number of rotatable bonds is 5. The second-order valence-corrected chi connectivity index (χ2v) is 6.96. The van der Waals surface area contributed by atoms with Gasteiger partial charge in [-0.05, 0) is 43.6 Å². The first-order valence-electron chi connectivity index (χ1n) is 6.75. The number of pyridine rings is 1. The van der Waals surface area contributed by atoms with Crippen LogP contribution in [0.5, 0.6) is 0 Å². The lowest BCUT2D eigenvalue weighted by Gasteiger charge is -2.17. The number of nitrogens with two attached hydrogens (primary N) is 1. The Hall–Kier alpha value is -0.810. The highest BCUT2D eigenvalue weighted by Gasteiger charge is 2.25. The monoisotopic (exact) mass is 295 g/mol. The summed E-state index contributed by atoms with van der Waals surface area (Å²) in [7, 11) is 0. The third-order valence-corrected chi connectivity index (χ3v) is 4.97. The van der Waals surface area contributed by atoms with Crippen molar-refractivity contribution in [2.75, 3.05) is 11.1 Å². The maximum atomic E-state index is 5.81. The number of nitrogens with zero attached hydrogens (tertiary/aromatic N) is 1. The van der Waals surface area contributed by atoms with Gasteiger partial charge in [-0.1, -0.05) is 19.1 Å². The minimum Gasteiger partial charge on any atom is -0.389 e. The quantitative estimate of drug-likeness (QED) is 0.818. The summed E-state index contributed by atoms with van der Waals surface area (Å²) < 4.78 is 0. The molecule has 1 fully saturated rings. The molecule has 1 aliphatic rings. The van der Waals surface area contributed by atoms with Gasteiger partial charge in [0.05, 0.1) is 5.56 Å². The molecule has 3 N–H and O–H groups in total. The largest absolute Gasteiger partial charge is 0.389 e. The van der Waals surface area contributed by atoms with Gasteiger partial charge in [0, 0.05) is 17.5 Å². The molecule has 2 atom stereocenters. The molecule has 0 aliphatic heterocycles. The maximum Gasteiger partial charge on any atom is 0.136 e. The summed E-state index contributed by atoms with van der Waals surface area (Å²) in [5.74, 6) is 2.04. The Labute approximate surface area is 124 Å². The fourth-order valence-corrected chi connectivity index (χ4v) is 4.03. The van der Waals surface area contributed by atoms with Crippen LogP contribution in [0.1, 0.15) is 37.3 Å². The molecule has 0 aromatic carbocycles. The Bertz CT molecular complexity index is 462. The van der Waals surface area contributed by atoms with Crippen molar-refractivity contribution in [3.8, 4) is 0 Å². The lowest BCUT2D eigenvalue weighted by molar-refractivity contribution is 0.751. The van der Waals surface area contributed by atoms with Crippen molar-refractivity contribution in [2.45, 2.75) is 44.4 Å². The summed E-state index contributed by atoms with van der Waals surface area (Å²) in [6.07, 6.45) is 5.49. The second kappa shape index (κ2) is 6.57. The van der Waals surface area contributed by atoms with Gasteiger partial charge in [-0.2, -0.15) is 11.8 Å². The standard InChI is InChI=1S/C14H21N3S2/c1-3-19-11-5-4-10(8-11)17-14-12(13(15)18)9(2)6-7-16-14/h6-7,10-11H,3-5,8H2,1-2H3,(H2,15,18)(H,16,17). The summed E-state index contributed by atoms with van der Waals surface area (Å²) in [4.78, 5) is 4.83. The van der Waals surface area contributed by atoms with Crippen molar-refractivity contribution < 1.29 is 0 Å². The number of thioether (sulfide) groups is 1. The van der Waals surface area contributed by atoms with Crippen LogP contribution in [0.25, 0.3) is 0 Å². The van der Waals surface area contributed by atoms with Gasteiger partial charge in [-0.15, -0.1) is 0 Å². The number of hydrogen-bond acceptors (Lipinski definition) is 4. The fraction of sp³-hybridized carbons (Fsp3) is 0.571. The lowest BCUT2D eigenvalue weighted by Crippen LogP contribution is -2.22. The molecule has 0 bridgehead atoms. The van der Waals surface area contributed by atoms with Gasteiger partial charge >= 0.3 is 0 Å². The zero-order valence-electron chi connectivity index (χ0n) is 11.5. The molecule has 1 aromatic heterocycles. The first kappa shape index (κ1) is 14.6. The Morgan fingerprint density at radius 1 is 1.58 bits per heavy atom. The van der Waals surface area contributed by atoms with Crippen molar-refractivity contribution in [3.05, 3.63) is 23.4 Å². The van der Waals surface area contributed by atoms with Crippen LogP contribution in [0.3, 0.4) is 0 Å². The zero-order chi connectivity index (χ0) is 13.8. The average Bonchev–Trinajstić information content (AvgIpc) is 2.76. The van der Waals surface area contributed by atoms with Crippen LogP contribution in [0.2, 0.25) is 0 Å². The number of nitrogens with one attached hydrogen (secondary N) is 1. The number of anilines is 1. The second-order valence-electron chi connectivity index (χ2n) is 4.95. The molecule has 0 amide bonds. The first-order valence-corrected chi connectivity index (χ1v) is 8.21. The summed E-state index contributed by atoms with van der Waals surface area (Å²) in [5, 5.41) is 4.31. The molecule has 0 spiro atoms. The molecule has 0 saturated heterocycles. The molecule has 104 valence electrons. The predicted molar refractivity (Wildman–Crippen MR) is 88.0 cm³/mol. The molecule has 1 saturated carbocycles.